The van der Waals surface area contributed by atoms with Crippen LogP contribution in [0.1, 0.15) is 54.4 Å². The molecule has 3 aromatic rings. The van der Waals surface area contributed by atoms with Crippen LogP contribution in [0.25, 0.3) is 0 Å². The van der Waals surface area contributed by atoms with Gasteiger partial charge in [0.2, 0.25) is 6.35 Å². The third-order valence-corrected chi connectivity index (χ3v) is 12.4. The van der Waals surface area contributed by atoms with E-state index in [1.807, 2.05) is 41.5 Å². The number of benzene rings is 3. The van der Waals surface area contributed by atoms with Crippen molar-refractivity contribution in [2.45, 2.75) is 64.7 Å². The van der Waals surface area contributed by atoms with Crippen LogP contribution in [0.4, 0.5) is 65.9 Å². The lowest BCUT2D eigenvalue weighted by Crippen LogP contribution is -2.75. The predicted octanol–water partition coefficient (Wildman–Crippen LogP) is 8.35. The van der Waals surface area contributed by atoms with Gasteiger partial charge in [-0.05, 0) is 54.4 Å². The van der Waals surface area contributed by atoms with E-state index in [1.54, 1.807) is 0 Å². The van der Waals surface area contributed by atoms with Gasteiger partial charge in [0.1, 0.15) is 34.9 Å². The average molecular weight is 730 g/mol. The van der Waals surface area contributed by atoms with Gasteiger partial charge in [0, 0.05) is 14.5 Å². The topological polar surface area (TPSA) is 9.23 Å². The first-order valence-corrected chi connectivity index (χ1v) is 15.8. The van der Waals surface area contributed by atoms with Crippen LogP contribution in [0.15, 0.2) is 0 Å². The van der Waals surface area contributed by atoms with Gasteiger partial charge in [0.25, 0.3) is 0 Å². The summed E-state index contributed by atoms with van der Waals surface area (Å²) in [5.74, 6) is -45.9. The molecule has 3 rings (SSSR count). The van der Waals surface area contributed by atoms with Crippen LogP contribution in [0.2, 0.25) is 0 Å². The highest BCUT2D eigenvalue weighted by Crippen LogP contribution is 2.59. The summed E-state index contributed by atoms with van der Waals surface area (Å²) >= 11 is 0. The lowest BCUT2D eigenvalue weighted by molar-refractivity contribution is 0.304. The molecule has 0 heterocycles. The van der Waals surface area contributed by atoms with Crippen LogP contribution in [0, 0.1) is 87.3 Å². The average Bonchev–Trinajstić information content (AvgIpc) is 2.99. The first-order valence-electron chi connectivity index (χ1n) is 14.1. The van der Waals surface area contributed by atoms with Crippen molar-refractivity contribution >= 4 is 30.7 Å². The van der Waals surface area contributed by atoms with Gasteiger partial charge in [-0.15, -0.1) is 0 Å². The van der Waals surface area contributed by atoms with Gasteiger partial charge in [-0.25, -0.2) is 65.9 Å². The Kier molecular flexibility index (Phi) is 11.3. The number of unbranched alkanes of at least 4 members (excludes halogenated alkanes) is 1. The molecule has 18 heteroatoms. The zero-order chi connectivity index (χ0) is 37.0. The maximum atomic E-state index is 15.5. The van der Waals surface area contributed by atoms with Crippen molar-refractivity contribution in [1.82, 2.24) is 0 Å². The zero-order valence-electron chi connectivity index (χ0n) is 26.0. The molecule has 0 atom stereocenters. The summed E-state index contributed by atoms with van der Waals surface area (Å²) < 4.78 is 228. The SMILES string of the molecule is CC(C)(C)[PH+](CCCCO[B-](c1c(F)c(F)c(F)c(F)c1F)(c1c(F)c(F)c(F)c(F)c1F)c1c(F)c(F)c(F)c(F)c1F)C(C)(C)C. The van der Waals surface area contributed by atoms with Crippen LogP contribution in [-0.4, -0.2) is 29.4 Å². The van der Waals surface area contributed by atoms with Gasteiger partial charge in [-0.3, -0.25) is 0 Å². The Labute approximate surface area is 266 Å². The largest absolute Gasteiger partial charge is 0.579 e. The first-order chi connectivity index (χ1) is 21.9. The van der Waals surface area contributed by atoms with Crippen LogP contribution in [0.5, 0.6) is 0 Å². The quantitative estimate of drug-likeness (QED) is 0.0538. The second-order valence-corrected chi connectivity index (χ2v) is 17.5. The summed E-state index contributed by atoms with van der Waals surface area (Å²) in [5.41, 5.74) is -8.31. The van der Waals surface area contributed by atoms with E-state index in [-0.39, 0.29) is 16.7 Å². The standard InChI is InChI=1S/C30H26BF15OP/c1-29(2,3)48(30(4,5)6)10-8-7-9-47-31(11-14(32)20(38)26(44)21(39)15(11)33,12-16(34)22(40)27(45)23(41)17(12)35)13-18(36)24(42)28(46)25(43)19(13)37/h7-10H2,1-6H3/q-1/p+1. The van der Waals surface area contributed by atoms with Crippen LogP contribution in [-0.2, 0) is 4.65 Å². The second kappa shape index (κ2) is 13.8. The molecule has 0 bridgehead atoms. The molecule has 0 aliphatic carbocycles. The Morgan fingerprint density at radius 2 is 0.625 bits per heavy atom. The van der Waals surface area contributed by atoms with Crippen molar-refractivity contribution in [2.75, 3.05) is 12.8 Å². The predicted molar refractivity (Wildman–Crippen MR) is 151 cm³/mol. The molecule has 0 saturated heterocycles. The van der Waals surface area contributed by atoms with E-state index in [0.29, 0.717) is 6.16 Å². The maximum absolute atomic E-state index is 15.5. The monoisotopic (exact) mass is 730 g/mol. The molecule has 1 nitrogen and oxygen atoms in total. The molecular formula is C30H27BF15OP. The van der Waals surface area contributed by atoms with Gasteiger partial charge in [0.05, 0.1) is 16.5 Å². The Morgan fingerprint density at radius 3 is 0.854 bits per heavy atom. The molecule has 0 saturated carbocycles. The van der Waals surface area contributed by atoms with E-state index < -0.39 is 131 Å². The van der Waals surface area contributed by atoms with Gasteiger partial charge >= 0.3 is 0 Å². The third kappa shape index (κ3) is 6.53. The second-order valence-electron chi connectivity index (χ2n) is 13.0. The van der Waals surface area contributed by atoms with Crippen LogP contribution >= 0.6 is 7.92 Å². The van der Waals surface area contributed by atoms with E-state index in [1.165, 1.54) is 0 Å². The van der Waals surface area contributed by atoms with Crippen LogP contribution < -0.4 is 16.4 Å². The van der Waals surface area contributed by atoms with Crippen molar-refractivity contribution in [3.05, 3.63) is 87.3 Å². The van der Waals surface area contributed by atoms with Crippen molar-refractivity contribution in [3.8, 4) is 0 Å². The molecule has 0 radical (unpaired) electrons. The number of hydrogen-bond acceptors (Lipinski definition) is 1. The summed E-state index contributed by atoms with van der Waals surface area (Å²) in [6.07, 6.45) is -6.03. The molecule has 0 N–H and O–H groups in total. The smallest absolute Gasteiger partial charge is 0.216 e. The van der Waals surface area contributed by atoms with Gasteiger partial charge < -0.3 is 4.65 Å². The maximum Gasteiger partial charge on any atom is 0.216 e. The fourth-order valence-corrected chi connectivity index (χ4v) is 10.5. The minimum Gasteiger partial charge on any atom is -0.579 e. The Balaban J connectivity index is 2.53. The van der Waals surface area contributed by atoms with Crippen molar-refractivity contribution in [1.29, 1.82) is 0 Å². The fraction of sp³-hybridized carbons (Fsp3) is 0.400. The number of rotatable bonds is 9. The van der Waals surface area contributed by atoms with E-state index >= 15 is 26.3 Å². The van der Waals surface area contributed by atoms with Crippen LogP contribution in [0.3, 0.4) is 0 Å². The molecule has 0 unspecified atom stereocenters. The number of halogens is 15. The van der Waals surface area contributed by atoms with E-state index in [0.717, 1.165) is 0 Å². The molecule has 0 fully saturated rings. The zero-order valence-corrected chi connectivity index (χ0v) is 27.0. The summed E-state index contributed by atoms with van der Waals surface area (Å²) in [6.45, 7) is 10.2. The minimum absolute atomic E-state index is 0.0281. The lowest BCUT2D eigenvalue weighted by Gasteiger charge is -2.44. The molecule has 0 aliphatic rings. The third-order valence-electron chi connectivity index (χ3n) is 7.95. The van der Waals surface area contributed by atoms with Crippen molar-refractivity contribution in [2.24, 2.45) is 0 Å². The van der Waals surface area contributed by atoms with E-state index in [9.17, 15) is 39.5 Å². The Bertz CT molecular complexity index is 1480. The summed E-state index contributed by atoms with van der Waals surface area (Å²) in [7, 11) is -1.37. The number of hydrogen-bond donors (Lipinski definition) is 0. The first kappa shape index (κ1) is 39.5. The molecular weight excluding hydrogens is 703 g/mol. The fourth-order valence-electron chi connectivity index (χ4n) is 6.16. The Morgan fingerprint density at radius 1 is 0.396 bits per heavy atom. The van der Waals surface area contributed by atoms with Gasteiger partial charge in [-0.1, -0.05) is 16.4 Å². The Hall–Kier alpha value is -2.94. The highest BCUT2D eigenvalue weighted by atomic mass is 31.1. The molecule has 48 heavy (non-hydrogen) atoms. The van der Waals surface area contributed by atoms with E-state index in [4.69, 9.17) is 4.65 Å². The molecule has 0 amide bonds. The van der Waals surface area contributed by atoms with Crippen molar-refractivity contribution in [3.63, 3.8) is 0 Å². The molecule has 0 aromatic heterocycles. The molecule has 0 aliphatic heterocycles. The summed E-state index contributed by atoms with van der Waals surface area (Å²) in [5, 5.41) is -0.560. The highest BCUT2D eigenvalue weighted by molar-refractivity contribution is 7.60. The minimum atomic E-state index is -5.99. The van der Waals surface area contributed by atoms with Crippen molar-refractivity contribution < 1.29 is 70.5 Å². The lowest BCUT2D eigenvalue weighted by atomic mass is 9.27. The molecule has 0 spiro atoms. The molecule has 3 aromatic carbocycles. The normalized spacial score (nSPS) is 12.9. The van der Waals surface area contributed by atoms with E-state index in [2.05, 4.69) is 0 Å². The summed E-state index contributed by atoms with van der Waals surface area (Å²) in [4.78, 5) is 0. The van der Waals surface area contributed by atoms with Gasteiger partial charge in [0.15, 0.2) is 52.4 Å². The highest BCUT2D eigenvalue weighted by Gasteiger charge is 2.49. The molecule has 266 valence electrons. The van der Waals surface area contributed by atoms with Gasteiger partial charge in [-0.2, -0.15) is 0 Å². The summed E-state index contributed by atoms with van der Waals surface area (Å²) in [6, 6.07) is 0.